The van der Waals surface area contributed by atoms with Crippen LogP contribution in [0.2, 0.25) is 5.22 Å². The van der Waals surface area contributed by atoms with Crippen LogP contribution in [0.1, 0.15) is 27.3 Å². The Bertz CT molecular complexity index is 796. The highest BCUT2D eigenvalue weighted by Crippen LogP contribution is 2.40. The fourth-order valence-electron chi connectivity index (χ4n) is 3.11. The molecule has 1 heterocycles. The smallest absolute Gasteiger partial charge is 0.193 e. The molecule has 1 unspecified atom stereocenters. The first-order valence-electron chi connectivity index (χ1n) is 6.67. The lowest BCUT2D eigenvalue weighted by Crippen LogP contribution is -1.93. The minimum Gasteiger partial charge on any atom is -0.448 e. The largest absolute Gasteiger partial charge is 0.448 e. The zero-order chi connectivity index (χ0) is 13.7. The van der Waals surface area contributed by atoms with Gasteiger partial charge in [0.2, 0.25) is 0 Å². The van der Waals surface area contributed by atoms with Crippen LogP contribution in [-0.4, -0.2) is 0 Å². The molecule has 0 bridgehead atoms. The molecule has 4 rings (SSSR count). The SMILES string of the molecule is Clc1ccc(C(Br)c2ccc3c4c(cccc24)CC3)o1. The van der Waals surface area contributed by atoms with Gasteiger partial charge in [0.15, 0.2) is 5.22 Å². The summed E-state index contributed by atoms with van der Waals surface area (Å²) < 4.78 is 5.54. The van der Waals surface area contributed by atoms with E-state index in [9.17, 15) is 0 Å². The molecule has 20 heavy (non-hydrogen) atoms. The van der Waals surface area contributed by atoms with Crippen LogP contribution in [0, 0.1) is 0 Å². The highest BCUT2D eigenvalue weighted by atomic mass is 79.9. The number of halogens is 2. The van der Waals surface area contributed by atoms with Crippen LogP contribution in [-0.2, 0) is 12.8 Å². The van der Waals surface area contributed by atoms with E-state index in [-0.39, 0.29) is 4.83 Å². The summed E-state index contributed by atoms with van der Waals surface area (Å²) in [5.74, 6) is 0.841. The van der Waals surface area contributed by atoms with Crippen LogP contribution in [0.25, 0.3) is 10.8 Å². The molecule has 0 radical (unpaired) electrons. The molecule has 100 valence electrons. The number of benzene rings is 2. The number of alkyl halides is 1. The van der Waals surface area contributed by atoms with Gasteiger partial charge < -0.3 is 4.42 Å². The van der Waals surface area contributed by atoms with Crippen molar-refractivity contribution in [2.45, 2.75) is 17.7 Å². The van der Waals surface area contributed by atoms with Crippen molar-refractivity contribution in [1.29, 1.82) is 0 Å². The molecule has 0 amide bonds. The molecule has 0 N–H and O–H groups in total. The van der Waals surface area contributed by atoms with Gasteiger partial charge in [-0.25, -0.2) is 0 Å². The highest BCUT2D eigenvalue weighted by Gasteiger charge is 2.21. The predicted molar refractivity (Wildman–Crippen MR) is 85.8 cm³/mol. The van der Waals surface area contributed by atoms with E-state index in [2.05, 4.69) is 46.3 Å². The summed E-state index contributed by atoms with van der Waals surface area (Å²) in [6.07, 6.45) is 2.30. The van der Waals surface area contributed by atoms with Crippen LogP contribution in [0.3, 0.4) is 0 Å². The van der Waals surface area contributed by atoms with Gasteiger partial charge in [-0.2, -0.15) is 0 Å². The maximum absolute atomic E-state index is 5.88. The van der Waals surface area contributed by atoms with Gasteiger partial charge >= 0.3 is 0 Å². The lowest BCUT2D eigenvalue weighted by atomic mass is 9.97. The molecule has 1 aromatic heterocycles. The van der Waals surface area contributed by atoms with Crippen molar-refractivity contribution in [2.24, 2.45) is 0 Å². The molecule has 0 fully saturated rings. The van der Waals surface area contributed by atoms with Crippen molar-refractivity contribution in [3.05, 3.63) is 70.1 Å². The predicted octanol–water partition coefficient (Wildman–Crippen LogP) is 5.67. The van der Waals surface area contributed by atoms with Gasteiger partial charge in [-0.3, -0.25) is 0 Å². The second-order valence-corrected chi connectivity index (χ2v) is 6.45. The molecule has 0 aliphatic heterocycles. The molecule has 1 nitrogen and oxygen atoms in total. The fraction of sp³-hybridized carbons (Fsp3) is 0.176. The number of hydrogen-bond acceptors (Lipinski definition) is 1. The number of aryl methyl sites for hydroxylation is 2. The zero-order valence-corrected chi connectivity index (χ0v) is 13.0. The molecule has 3 aromatic rings. The summed E-state index contributed by atoms with van der Waals surface area (Å²) in [6, 6.07) is 14.7. The minimum atomic E-state index is 0.0277. The normalized spacial score (nSPS) is 14.9. The molecule has 0 saturated carbocycles. The van der Waals surface area contributed by atoms with Crippen LogP contribution >= 0.6 is 27.5 Å². The summed E-state index contributed by atoms with van der Waals surface area (Å²) in [7, 11) is 0. The summed E-state index contributed by atoms with van der Waals surface area (Å²) in [5.41, 5.74) is 4.14. The fourth-order valence-corrected chi connectivity index (χ4v) is 3.91. The molecular formula is C17H12BrClO. The van der Waals surface area contributed by atoms with Crippen LogP contribution in [0.4, 0.5) is 0 Å². The second-order valence-electron chi connectivity index (χ2n) is 5.16. The Morgan fingerprint density at radius 3 is 2.55 bits per heavy atom. The molecular weight excluding hydrogens is 336 g/mol. The Hall–Kier alpha value is -1.25. The van der Waals surface area contributed by atoms with E-state index in [1.807, 2.05) is 6.07 Å². The van der Waals surface area contributed by atoms with Gasteiger partial charge in [-0.15, -0.1) is 0 Å². The molecule has 2 aromatic carbocycles. The summed E-state index contributed by atoms with van der Waals surface area (Å²) in [4.78, 5) is 0.0277. The lowest BCUT2D eigenvalue weighted by Gasteiger charge is -2.12. The maximum Gasteiger partial charge on any atom is 0.193 e. The summed E-state index contributed by atoms with van der Waals surface area (Å²) in [5, 5.41) is 3.16. The molecule has 0 spiro atoms. The van der Waals surface area contributed by atoms with E-state index < -0.39 is 0 Å². The second kappa shape index (κ2) is 4.64. The summed E-state index contributed by atoms with van der Waals surface area (Å²) in [6.45, 7) is 0. The van der Waals surface area contributed by atoms with Crippen LogP contribution in [0.5, 0.6) is 0 Å². The third-order valence-corrected chi connectivity index (χ3v) is 5.18. The highest BCUT2D eigenvalue weighted by molar-refractivity contribution is 9.09. The van der Waals surface area contributed by atoms with E-state index >= 15 is 0 Å². The van der Waals surface area contributed by atoms with Crippen molar-refractivity contribution >= 4 is 38.3 Å². The summed E-state index contributed by atoms with van der Waals surface area (Å²) >= 11 is 9.63. The van der Waals surface area contributed by atoms with E-state index in [1.54, 1.807) is 6.07 Å². The van der Waals surface area contributed by atoms with Crippen molar-refractivity contribution in [2.75, 3.05) is 0 Å². The van der Waals surface area contributed by atoms with Crippen molar-refractivity contribution in [3.63, 3.8) is 0 Å². The number of rotatable bonds is 2. The standard InChI is InChI=1S/C17H12BrClO/c18-17(14-8-9-15(19)20-14)13-7-6-11-5-4-10-2-1-3-12(13)16(10)11/h1-3,6-9,17H,4-5H2. The van der Waals surface area contributed by atoms with Crippen molar-refractivity contribution in [1.82, 2.24) is 0 Å². The molecule has 1 aliphatic carbocycles. The molecule has 1 aliphatic rings. The Balaban J connectivity index is 1.93. The zero-order valence-electron chi connectivity index (χ0n) is 10.7. The Morgan fingerprint density at radius 1 is 1.00 bits per heavy atom. The van der Waals surface area contributed by atoms with Gasteiger partial charge in [0.1, 0.15) is 5.76 Å². The number of hydrogen-bond donors (Lipinski definition) is 0. The van der Waals surface area contributed by atoms with E-state index in [1.165, 1.54) is 27.5 Å². The topological polar surface area (TPSA) is 13.1 Å². The van der Waals surface area contributed by atoms with Crippen molar-refractivity contribution < 1.29 is 4.42 Å². The van der Waals surface area contributed by atoms with Gasteiger partial charge in [0.25, 0.3) is 0 Å². The van der Waals surface area contributed by atoms with Crippen LogP contribution < -0.4 is 0 Å². The third kappa shape index (κ3) is 1.82. The average molecular weight is 348 g/mol. The maximum atomic E-state index is 5.88. The third-order valence-electron chi connectivity index (χ3n) is 4.03. The molecule has 3 heteroatoms. The first-order valence-corrected chi connectivity index (χ1v) is 7.96. The Kier molecular flexibility index (Phi) is 2.90. The van der Waals surface area contributed by atoms with Crippen molar-refractivity contribution in [3.8, 4) is 0 Å². The van der Waals surface area contributed by atoms with Crippen LogP contribution in [0.15, 0.2) is 46.9 Å². The molecule has 1 atom stereocenters. The van der Waals surface area contributed by atoms with E-state index in [4.69, 9.17) is 16.0 Å². The van der Waals surface area contributed by atoms with Gasteiger partial charge in [0.05, 0.1) is 4.83 Å². The lowest BCUT2D eigenvalue weighted by molar-refractivity contribution is 0.522. The Labute approximate surface area is 130 Å². The monoisotopic (exact) mass is 346 g/mol. The average Bonchev–Trinajstić information content (AvgIpc) is 3.07. The van der Waals surface area contributed by atoms with Gasteiger partial charge in [-0.1, -0.05) is 46.3 Å². The van der Waals surface area contributed by atoms with E-state index in [0.29, 0.717) is 5.22 Å². The Morgan fingerprint density at radius 2 is 1.80 bits per heavy atom. The van der Waals surface area contributed by atoms with Gasteiger partial charge in [0, 0.05) is 0 Å². The molecule has 0 saturated heterocycles. The van der Waals surface area contributed by atoms with E-state index in [0.717, 1.165) is 18.6 Å². The first-order chi connectivity index (χ1) is 9.74. The first kappa shape index (κ1) is 12.5. The number of furan rings is 1. The van der Waals surface area contributed by atoms with Gasteiger partial charge in [-0.05, 0) is 64.0 Å². The quantitative estimate of drug-likeness (QED) is 0.544. The minimum absolute atomic E-state index is 0.0277.